The molecule has 0 radical (unpaired) electrons. The quantitative estimate of drug-likeness (QED) is 0.749. The standard InChI is InChI=1S/C11H19N3O3/c1-4-6-11(3,10(15)16)12-7-9-14-13-8(5-2)17-9/h12H,4-7H2,1-3H3,(H,15,16). The summed E-state index contributed by atoms with van der Waals surface area (Å²) in [5.74, 6) is 0.120. The first-order chi connectivity index (χ1) is 8.01. The van der Waals surface area contributed by atoms with Crippen LogP contribution in [0.25, 0.3) is 0 Å². The first-order valence-corrected chi connectivity index (χ1v) is 5.81. The highest BCUT2D eigenvalue weighted by molar-refractivity contribution is 5.78. The van der Waals surface area contributed by atoms with Crippen LogP contribution in [0, 0.1) is 0 Å². The van der Waals surface area contributed by atoms with Gasteiger partial charge in [0.1, 0.15) is 5.54 Å². The molecular weight excluding hydrogens is 222 g/mol. The molecule has 0 aliphatic rings. The third kappa shape index (κ3) is 3.52. The molecule has 0 fully saturated rings. The van der Waals surface area contributed by atoms with Crippen LogP contribution in [0.5, 0.6) is 0 Å². The molecule has 96 valence electrons. The lowest BCUT2D eigenvalue weighted by molar-refractivity contribution is -0.144. The normalized spacial score (nSPS) is 14.5. The van der Waals surface area contributed by atoms with Gasteiger partial charge in [-0.2, -0.15) is 0 Å². The van der Waals surface area contributed by atoms with Crippen LogP contribution in [0.1, 0.15) is 45.4 Å². The molecule has 0 aromatic carbocycles. The Hall–Kier alpha value is -1.43. The van der Waals surface area contributed by atoms with Crippen molar-refractivity contribution in [3.63, 3.8) is 0 Å². The molecule has 17 heavy (non-hydrogen) atoms. The minimum atomic E-state index is -0.949. The Balaban J connectivity index is 2.60. The average molecular weight is 241 g/mol. The van der Waals surface area contributed by atoms with Crippen LogP contribution in [0.2, 0.25) is 0 Å². The molecule has 0 spiro atoms. The van der Waals surface area contributed by atoms with Gasteiger partial charge in [0.2, 0.25) is 11.8 Å². The molecule has 6 heteroatoms. The Morgan fingerprint density at radius 3 is 2.53 bits per heavy atom. The molecule has 0 bridgehead atoms. The molecule has 1 heterocycles. The second-order valence-corrected chi connectivity index (χ2v) is 4.18. The van der Waals surface area contributed by atoms with E-state index in [2.05, 4.69) is 15.5 Å². The van der Waals surface area contributed by atoms with Gasteiger partial charge in [0.15, 0.2) is 0 Å². The number of carboxylic acids is 1. The van der Waals surface area contributed by atoms with Crippen molar-refractivity contribution in [2.75, 3.05) is 0 Å². The Labute approximate surface area is 100 Å². The van der Waals surface area contributed by atoms with Crippen molar-refractivity contribution in [2.45, 2.75) is 52.1 Å². The van der Waals surface area contributed by atoms with Crippen LogP contribution in [-0.2, 0) is 17.8 Å². The van der Waals surface area contributed by atoms with Gasteiger partial charge < -0.3 is 9.52 Å². The number of nitrogens with zero attached hydrogens (tertiary/aromatic N) is 2. The molecule has 1 rings (SSSR count). The second kappa shape index (κ2) is 5.77. The van der Waals surface area contributed by atoms with E-state index in [1.54, 1.807) is 6.92 Å². The van der Waals surface area contributed by atoms with E-state index in [1.165, 1.54) is 0 Å². The number of nitrogens with one attached hydrogen (secondary N) is 1. The SMILES string of the molecule is CCCC(C)(NCc1nnc(CC)o1)C(=O)O. The van der Waals surface area contributed by atoms with Crippen LogP contribution >= 0.6 is 0 Å². The van der Waals surface area contributed by atoms with E-state index in [9.17, 15) is 4.79 Å². The highest BCUT2D eigenvalue weighted by atomic mass is 16.4. The van der Waals surface area contributed by atoms with Crippen LogP contribution in [-0.4, -0.2) is 26.8 Å². The third-order valence-corrected chi connectivity index (χ3v) is 2.66. The minimum absolute atomic E-state index is 0.274. The topological polar surface area (TPSA) is 88.3 Å². The summed E-state index contributed by atoms with van der Waals surface area (Å²) in [6.07, 6.45) is 2.02. The van der Waals surface area contributed by atoms with Gasteiger partial charge in [0.05, 0.1) is 6.54 Å². The van der Waals surface area contributed by atoms with E-state index in [4.69, 9.17) is 9.52 Å². The van der Waals surface area contributed by atoms with Crippen molar-refractivity contribution in [2.24, 2.45) is 0 Å². The summed E-state index contributed by atoms with van der Waals surface area (Å²) in [6, 6.07) is 0. The maximum absolute atomic E-state index is 11.2. The van der Waals surface area contributed by atoms with E-state index in [0.29, 0.717) is 24.6 Å². The molecule has 0 aliphatic carbocycles. The Kier molecular flexibility index (Phi) is 4.62. The van der Waals surface area contributed by atoms with Crippen LogP contribution < -0.4 is 5.32 Å². The fourth-order valence-electron chi connectivity index (χ4n) is 1.54. The maximum atomic E-state index is 11.2. The summed E-state index contributed by atoms with van der Waals surface area (Å²) in [5, 5.41) is 19.8. The predicted molar refractivity (Wildman–Crippen MR) is 61.5 cm³/mol. The van der Waals surface area contributed by atoms with Gasteiger partial charge in [-0.1, -0.05) is 20.3 Å². The zero-order valence-electron chi connectivity index (χ0n) is 10.5. The molecule has 2 N–H and O–H groups in total. The zero-order valence-corrected chi connectivity index (χ0v) is 10.5. The first-order valence-electron chi connectivity index (χ1n) is 5.81. The van der Waals surface area contributed by atoms with Gasteiger partial charge in [-0.3, -0.25) is 10.1 Å². The lowest BCUT2D eigenvalue weighted by atomic mass is 9.96. The van der Waals surface area contributed by atoms with E-state index < -0.39 is 11.5 Å². The Bertz CT molecular complexity index is 378. The van der Waals surface area contributed by atoms with E-state index in [1.807, 2.05) is 13.8 Å². The molecule has 1 aromatic heterocycles. The third-order valence-electron chi connectivity index (χ3n) is 2.66. The van der Waals surface area contributed by atoms with Gasteiger partial charge in [-0.15, -0.1) is 10.2 Å². The Morgan fingerprint density at radius 2 is 2.06 bits per heavy atom. The van der Waals surface area contributed by atoms with Gasteiger partial charge in [-0.25, -0.2) is 0 Å². The number of aryl methyl sites for hydroxylation is 1. The fourth-order valence-corrected chi connectivity index (χ4v) is 1.54. The van der Waals surface area contributed by atoms with Crippen molar-refractivity contribution in [1.29, 1.82) is 0 Å². The number of aromatic nitrogens is 2. The van der Waals surface area contributed by atoms with Crippen LogP contribution in [0.4, 0.5) is 0 Å². The molecule has 0 saturated carbocycles. The summed E-state index contributed by atoms with van der Waals surface area (Å²) < 4.78 is 5.31. The highest BCUT2D eigenvalue weighted by Gasteiger charge is 2.31. The van der Waals surface area contributed by atoms with Crippen molar-refractivity contribution < 1.29 is 14.3 Å². The van der Waals surface area contributed by atoms with Gasteiger partial charge in [0.25, 0.3) is 0 Å². The molecule has 1 aromatic rings. The van der Waals surface area contributed by atoms with Crippen molar-refractivity contribution in [3.8, 4) is 0 Å². The lowest BCUT2D eigenvalue weighted by Crippen LogP contribution is -2.49. The van der Waals surface area contributed by atoms with Crippen molar-refractivity contribution in [1.82, 2.24) is 15.5 Å². The first kappa shape index (κ1) is 13.6. The fraction of sp³-hybridized carbons (Fsp3) is 0.727. The largest absolute Gasteiger partial charge is 0.480 e. The van der Waals surface area contributed by atoms with Gasteiger partial charge >= 0.3 is 5.97 Å². The average Bonchev–Trinajstić information content (AvgIpc) is 2.74. The van der Waals surface area contributed by atoms with E-state index in [-0.39, 0.29) is 6.54 Å². The van der Waals surface area contributed by atoms with Crippen LogP contribution in [0.3, 0.4) is 0 Å². The smallest absolute Gasteiger partial charge is 0.323 e. The van der Waals surface area contributed by atoms with Crippen molar-refractivity contribution in [3.05, 3.63) is 11.8 Å². The van der Waals surface area contributed by atoms with E-state index in [0.717, 1.165) is 6.42 Å². The van der Waals surface area contributed by atoms with Crippen LogP contribution in [0.15, 0.2) is 4.42 Å². The predicted octanol–water partition coefficient (Wildman–Crippen LogP) is 1.36. The minimum Gasteiger partial charge on any atom is -0.480 e. The molecule has 1 unspecified atom stereocenters. The molecular formula is C11H19N3O3. The number of rotatable bonds is 7. The summed E-state index contributed by atoms with van der Waals surface area (Å²) in [7, 11) is 0. The van der Waals surface area contributed by atoms with Crippen molar-refractivity contribution >= 4 is 5.97 Å². The number of aliphatic carboxylic acids is 1. The summed E-state index contributed by atoms with van der Waals surface area (Å²) in [4.78, 5) is 11.2. The Morgan fingerprint density at radius 1 is 1.41 bits per heavy atom. The number of carboxylic acid groups (broad SMARTS) is 1. The molecule has 0 saturated heterocycles. The summed E-state index contributed by atoms with van der Waals surface area (Å²) >= 11 is 0. The summed E-state index contributed by atoms with van der Waals surface area (Å²) in [5.41, 5.74) is -0.949. The molecule has 1 atom stereocenters. The zero-order chi connectivity index (χ0) is 12.9. The number of carbonyl (C=O) groups is 1. The molecule has 0 amide bonds. The number of hydrogen-bond acceptors (Lipinski definition) is 5. The van der Waals surface area contributed by atoms with E-state index >= 15 is 0 Å². The second-order valence-electron chi connectivity index (χ2n) is 4.18. The molecule has 6 nitrogen and oxygen atoms in total. The van der Waals surface area contributed by atoms with Gasteiger partial charge in [-0.05, 0) is 13.3 Å². The molecule has 0 aliphatic heterocycles. The highest BCUT2D eigenvalue weighted by Crippen LogP contribution is 2.13. The summed E-state index contributed by atoms with van der Waals surface area (Å²) in [6.45, 7) is 5.81. The monoisotopic (exact) mass is 241 g/mol. The maximum Gasteiger partial charge on any atom is 0.323 e. The van der Waals surface area contributed by atoms with Gasteiger partial charge in [0, 0.05) is 6.42 Å². The number of hydrogen-bond donors (Lipinski definition) is 2. The lowest BCUT2D eigenvalue weighted by Gasteiger charge is -2.24.